The standard InChI is InChI=1S/C15H25N3O2/c1-4-15(5-2,19-3)14-17-13(20-18-14)11-9-6-7-10(8-9)12(11)16/h9-12H,4-8,16H2,1-3H3. The molecule has 2 aliphatic rings. The molecule has 20 heavy (non-hydrogen) atoms. The number of fused-ring (bicyclic) bond motifs is 2. The third-order valence-electron chi connectivity index (χ3n) is 5.65. The van der Waals surface area contributed by atoms with Crippen LogP contribution in [0.3, 0.4) is 0 Å². The van der Waals surface area contributed by atoms with Gasteiger partial charge in [0, 0.05) is 13.2 Å². The Morgan fingerprint density at radius 3 is 2.55 bits per heavy atom. The van der Waals surface area contributed by atoms with Gasteiger partial charge in [-0.15, -0.1) is 0 Å². The summed E-state index contributed by atoms with van der Waals surface area (Å²) in [5, 5.41) is 4.20. The van der Waals surface area contributed by atoms with Crippen LogP contribution in [0.2, 0.25) is 0 Å². The van der Waals surface area contributed by atoms with Crippen LogP contribution in [0.25, 0.3) is 0 Å². The van der Waals surface area contributed by atoms with Gasteiger partial charge in [-0.05, 0) is 43.9 Å². The van der Waals surface area contributed by atoms with E-state index in [0.29, 0.717) is 17.7 Å². The zero-order valence-corrected chi connectivity index (χ0v) is 12.6. The lowest BCUT2D eigenvalue weighted by atomic mass is 9.85. The quantitative estimate of drug-likeness (QED) is 0.896. The molecule has 4 atom stereocenters. The number of nitrogens with zero attached hydrogens (tertiary/aromatic N) is 2. The molecule has 2 saturated carbocycles. The lowest BCUT2D eigenvalue weighted by Gasteiger charge is -2.26. The van der Waals surface area contributed by atoms with E-state index >= 15 is 0 Å². The van der Waals surface area contributed by atoms with E-state index in [1.807, 2.05) is 0 Å². The molecular formula is C15H25N3O2. The van der Waals surface area contributed by atoms with E-state index in [4.69, 9.17) is 15.0 Å². The van der Waals surface area contributed by atoms with Crippen LogP contribution in [0.4, 0.5) is 0 Å². The molecule has 112 valence electrons. The smallest absolute Gasteiger partial charge is 0.231 e. The number of ether oxygens (including phenoxy) is 1. The average molecular weight is 279 g/mol. The first kappa shape index (κ1) is 14.0. The van der Waals surface area contributed by atoms with Gasteiger partial charge in [0.05, 0.1) is 5.92 Å². The van der Waals surface area contributed by atoms with Crippen LogP contribution in [0.5, 0.6) is 0 Å². The van der Waals surface area contributed by atoms with Crippen LogP contribution in [-0.4, -0.2) is 23.3 Å². The van der Waals surface area contributed by atoms with Crippen LogP contribution in [-0.2, 0) is 10.3 Å². The van der Waals surface area contributed by atoms with Crippen molar-refractivity contribution in [1.82, 2.24) is 10.1 Å². The van der Waals surface area contributed by atoms with Crippen molar-refractivity contribution < 1.29 is 9.26 Å². The Hall–Kier alpha value is -0.940. The topological polar surface area (TPSA) is 74.2 Å². The molecule has 5 nitrogen and oxygen atoms in total. The lowest BCUT2D eigenvalue weighted by molar-refractivity contribution is -0.0306. The molecule has 0 amide bonds. The van der Waals surface area contributed by atoms with Gasteiger partial charge in [-0.2, -0.15) is 4.98 Å². The first-order chi connectivity index (χ1) is 9.65. The van der Waals surface area contributed by atoms with E-state index in [9.17, 15) is 0 Å². The van der Waals surface area contributed by atoms with Gasteiger partial charge in [-0.25, -0.2) is 0 Å². The number of methoxy groups -OCH3 is 1. The summed E-state index contributed by atoms with van der Waals surface area (Å²) in [5.74, 6) is 2.92. The highest BCUT2D eigenvalue weighted by Crippen LogP contribution is 2.52. The van der Waals surface area contributed by atoms with Gasteiger partial charge in [0.25, 0.3) is 0 Å². The summed E-state index contributed by atoms with van der Waals surface area (Å²) in [7, 11) is 1.71. The third kappa shape index (κ3) is 1.91. The van der Waals surface area contributed by atoms with E-state index in [1.165, 1.54) is 19.3 Å². The maximum atomic E-state index is 6.35. The summed E-state index contributed by atoms with van der Waals surface area (Å²) in [6.45, 7) is 4.18. The molecule has 1 heterocycles. The van der Waals surface area contributed by atoms with Crippen LogP contribution >= 0.6 is 0 Å². The van der Waals surface area contributed by atoms with Gasteiger partial charge in [0.15, 0.2) is 0 Å². The average Bonchev–Trinajstić information content (AvgIpc) is 3.17. The molecule has 3 rings (SSSR count). The van der Waals surface area contributed by atoms with Crippen molar-refractivity contribution in [3.63, 3.8) is 0 Å². The largest absolute Gasteiger partial charge is 0.370 e. The number of aromatic nitrogens is 2. The van der Waals surface area contributed by atoms with Gasteiger partial charge in [0.2, 0.25) is 11.7 Å². The summed E-state index contributed by atoms with van der Waals surface area (Å²) < 4.78 is 11.2. The second kappa shape index (κ2) is 5.11. The second-order valence-electron chi connectivity index (χ2n) is 6.30. The Labute approximate surface area is 120 Å². The molecule has 0 spiro atoms. The fourth-order valence-corrected chi connectivity index (χ4v) is 4.20. The summed E-state index contributed by atoms with van der Waals surface area (Å²) >= 11 is 0. The number of hydrogen-bond acceptors (Lipinski definition) is 5. The van der Waals surface area contributed by atoms with Crippen LogP contribution in [0.15, 0.2) is 4.52 Å². The van der Waals surface area contributed by atoms with Crippen molar-refractivity contribution in [2.45, 2.75) is 63.5 Å². The number of rotatable bonds is 5. The molecule has 0 radical (unpaired) electrons. The second-order valence-corrected chi connectivity index (χ2v) is 6.30. The predicted octanol–water partition coefficient (Wildman–Crippen LogP) is 2.57. The minimum absolute atomic E-state index is 0.183. The molecule has 2 bridgehead atoms. The molecule has 1 aromatic rings. The Bertz CT molecular complexity index is 459. The Morgan fingerprint density at radius 2 is 2.00 bits per heavy atom. The Kier molecular flexibility index (Phi) is 3.58. The van der Waals surface area contributed by atoms with Crippen molar-refractivity contribution in [2.75, 3.05) is 7.11 Å². The molecule has 2 N–H and O–H groups in total. The van der Waals surface area contributed by atoms with Crippen molar-refractivity contribution >= 4 is 0 Å². The highest BCUT2D eigenvalue weighted by atomic mass is 16.5. The fourth-order valence-electron chi connectivity index (χ4n) is 4.20. The third-order valence-corrected chi connectivity index (χ3v) is 5.65. The highest BCUT2D eigenvalue weighted by molar-refractivity contribution is 5.13. The molecule has 4 unspecified atom stereocenters. The van der Waals surface area contributed by atoms with Crippen molar-refractivity contribution in [2.24, 2.45) is 17.6 Å². The fraction of sp³-hybridized carbons (Fsp3) is 0.867. The van der Waals surface area contributed by atoms with E-state index < -0.39 is 5.60 Å². The monoisotopic (exact) mass is 279 g/mol. The molecule has 0 saturated heterocycles. The summed E-state index contributed by atoms with van der Waals surface area (Å²) in [6.07, 6.45) is 5.40. The van der Waals surface area contributed by atoms with E-state index in [2.05, 4.69) is 24.0 Å². The molecule has 5 heteroatoms. The number of nitrogens with two attached hydrogens (primary N) is 1. The normalized spacial score (nSPS) is 33.0. The summed E-state index contributed by atoms with van der Waals surface area (Å²) in [4.78, 5) is 4.66. The first-order valence-corrected chi connectivity index (χ1v) is 7.80. The molecular weight excluding hydrogens is 254 g/mol. The van der Waals surface area contributed by atoms with Gasteiger partial charge in [0.1, 0.15) is 5.60 Å². The Morgan fingerprint density at radius 1 is 1.30 bits per heavy atom. The zero-order valence-electron chi connectivity index (χ0n) is 12.6. The van der Waals surface area contributed by atoms with Gasteiger partial charge < -0.3 is 15.0 Å². The summed E-state index contributed by atoms with van der Waals surface area (Å²) in [5.41, 5.74) is 5.93. The maximum Gasteiger partial charge on any atom is 0.231 e. The van der Waals surface area contributed by atoms with Gasteiger partial charge in [-0.1, -0.05) is 19.0 Å². The lowest BCUT2D eigenvalue weighted by Crippen LogP contribution is -2.34. The zero-order chi connectivity index (χ0) is 14.3. The minimum atomic E-state index is -0.427. The molecule has 0 aliphatic heterocycles. The number of hydrogen-bond donors (Lipinski definition) is 1. The molecule has 0 aromatic carbocycles. The molecule has 1 aromatic heterocycles. The highest BCUT2D eigenvalue weighted by Gasteiger charge is 2.49. The summed E-state index contributed by atoms with van der Waals surface area (Å²) in [6, 6.07) is 0.183. The SMILES string of the molecule is CCC(CC)(OC)c1noc(C2C3CCC(C3)C2N)n1. The van der Waals surface area contributed by atoms with Crippen molar-refractivity contribution in [1.29, 1.82) is 0 Å². The van der Waals surface area contributed by atoms with E-state index in [0.717, 1.165) is 18.7 Å². The predicted molar refractivity (Wildman–Crippen MR) is 75.1 cm³/mol. The molecule has 2 fully saturated rings. The van der Waals surface area contributed by atoms with Crippen LogP contribution in [0.1, 0.15) is 63.6 Å². The van der Waals surface area contributed by atoms with E-state index in [1.54, 1.807) is 7.11 Å². The van der Waals surface area contributed by atoms with E-state index in [-0.39, 0.29) is 12.0 Å². The minimum Gasteiger partial charge on any atom is -0.370 e. The van der Waals surface area contributed by atoms with Gasteiger partial charge >= 0.3 is 0 Å². The first-order valence-electron chi connectivity index (χ1n) is 7.80. The van der Waals surface area contributed by atoms with Crippen LogP contribution in [0, 0.1) is 11.8 Å². The Balaban J connectivity index is 1.87. The van der Waals surface area contributed by atoms with Crippen molar-refractivity contribution in [3.05, 3.63) is 11.7 Å². The molecule has 2 aliphatic carbocycles. The van der Waals surface area contributed by atoms with Crippen LogP contribution < -0.4 is 5.73 Å². The maximum absolute atomic E-state index is 6.35. The van der Waals surface area contributed by atoms with Gasteiger partial charge in [-0.3, -0.25) is 0 Å². The van der Waals surface area contributed by atoms with Crippen molar-refractivity contribution in [3.8, 4) is 0 Å².